The van der Waals surface area contributed by atoms with Crippen LogP contribution in [0.3, 0.4) is 0 Å². The van der Waals surface area contributed by atoms with E-state index < -0.39 is 0 Å². The van der Waals surface area contributed by atoms with Crippen molar-refractivity contribution in [2.75, 3.05) is 12.9 Å². The van der Waals surface area contributed by atoms with Crippen molar-refractivity contribution in [3.05, 3.63) is 54.6 Å². The molecular weight excluding hydrogens is 384 g/mol. The number of rotatable bonds is 9. The summed E-state index contributed by atoms with van der Waals surface area (Å²) < 4.78 is 7.59. The summed E-state index contributed by atoms with van der Waals surface area (Å²) in [6.07, 6.45) is 1.27. The predicted octanol–water partition coefficient (Wildman–Crippen LogP) is 4.34. The lowest BCUT2D eigenvalue weighted by Crippen LogP contribution is -2.29. The first-order valence-corrected chi connectivity index (χ1v) is 10.6. The van der Waals surface area contributed by atoms with Gasteiger partial charge >= 0.3 is 0 Å². The van der Waals surface area contributed by atoms with Crippen LogP contribution in [-0.2, 0) is 4.79 Å². The van der Waals surface area contributed by atoms with Crippen LogP contribution in [-0.4, -0.2) is 39.6 Å². The summed E-state index contributed by atoms with van der Waals surface area (Å²) >= 11 is 1.59. The molecule has 6 nitrogen and oxygen atoms in total. The number of thioether (sulfide) groups is 1. The third-order valence-electron chi connectivity index (χ3n) is 4.22. The van der Waals surface area contributed by atoms with Crippen molar-refractivity contribution in [1.82, 2.24) is 20.1 Å². The van der Waals surface area contributed by atoms with E-state index in [0.717, 1.165) is 40.2 Å². The molecule has 0 saturated carbocycles. The number of nitrogens with one attached hydrogen (secondary N) is 1. The number of hydrogen-bond acceptors (Lipinski definition) is 5. The summed E-state index contributed by atoms with van der Waals surface area (Å²) in [5.41, 5.74) is 1.87. The molecule has 7 heteroatoms. The molecule has 0 bridgehead atoms. The Morgan fingerprint density at radius 2 is 1.83 bits per heavy atom. The molecule has 1 aromatic heterocycles. The van der Waals surface area contributed by atoms with Gasteiger partial charge in [-0.2, -0.15) is 0 Å². The topological polar surface area (TPSA) is 69.0 Å². The lowest BCUT2D eigenvalue weighted by atomic mass is 10.2. The van der Waals surface area contributed by atoms with Gasteiger partial charge in [-0.05, 0) is 32.4 Å². The van der Waals surface area contributed by atoms with Crippen molar-refractivity contribution in [2.24, 2.45) is 0 Å². The quantitative estimate of drug-likeness (QED) is 0.420. The molecule has 29 heavy (non-hydrogen) atoms. The SMILES string of the molecule is COc1ccccc1-n1c(SCCCC(=O)NC(C)C)nnc1-c1ccccc1. The zero-order valence-corrected chi connectivity index (χ0v) is 17.8. The summed E-state index contributed by atoms with van der Waals surface area (Å²) in [6, 6.07) is 18.0. The average Bonchev–Trinajstić information content (AvgIpc) is 3.15. The average molecular weight is 411 g/mol. The van der Waals surface area contributed by atoms with Gasteiger partial charge in [0.05, 0.1) is 12.8 Å². The van der Waals surface area contributed by atoms with Crippen LogP contribution in [0, 0.1) is 0 Å². The highest BCUT2D eigenvalue weighted by atomic mass is 32.2. The minimum absolute atomic E-state index is 0.0803. The maximum atomic E-state index is 11.9. The maximum Gasteiger partial charge on any atom is 0.220 e. The summed E-state index contributed by atoms with van der Waals surface area (Å²) in [7, 11) is 1.66. The molecule has 0 fully saturated rings. The van der Waals surface area contributed by atoms with Crippen molar-refractivity contribution in [3.8, 4) is 22.8 Å². The molecule has 1 heterocycles. The van der Waals surface area contributed by atoms with Crippen LogP contribution in [0.4, 0.5) is 0 Å². The van der Waals surface area contributed by atoms with Crippen LogP contribution in [0.2, 0.25) is 0 Å². The number of amides is 1. The molecule has 0 aliphatic carbocycles. The number of aromatic nitrogens is 3. The van der Waals surface area contributed by atoms with Gasteiger partial charge in [-0.1, -0.05) is 54.2 Å². The highest BCUT2D eigenvalue weighted by molar-refractivity contribution is 7.99. The van der Waals surface area contributed by atoms with Crippen molar-refractivity contribution in [2.45, 2.75) is 37.9 Å². The molecule has 0 aliphatic rings. The largest absolute Gasteiger partial charge is 0.495 e. The van der Waals surface area contributed by atoms with Gasteiger partial charge in [-0.15, -0.1) is 10.2 Å². The van der Waals surface area contributed by atoms with Gasteiger partial charge in [0.15, 0.2) is 11.0 Å². The van der Waals surface area contributed by atoms with E-state index in [1.165, 1.54) is 0 Å². The number of methoxy groups -OCH3 is 1. The zero-order chi connectivity index (χ0) is 20.6. The Labute approximate surface area is 175 Å². The standard InChI is InChI=1S/C22H26N4O2S/c1-16(2)23-20(27)14-9-15-29-22-25-24-21(17-10-5-4-6-11-17)26(22)18-12-7-8-13-19(18)28-3/h4-8,10-13,16H,9,14-15H2,1-3H3,(H,23,27). The van der Waals surface area contributed by atoms with Crippen LogP contribution >= 0.6 is 11.8 Å². The second kappa shape index (κ2) is 10.1. The van der Waals surface area contributed by atoms with Crippen LogP contribution < -0.4 is 10.1 Å². The minimum Gasteiger partial charge on any atom is -0.495 e. The first kappa shape index (κ1) is 20.9. The van der Waals surface area contributed by atoms with Crippen LogP contribution in [0.25, 0.3) is 17.1 Å². The maximum absolute atomic E-state index is 11.9. The van der Waals surface area contributed by atoms with E-state index in [-0.39, 0.29) is 11.9 Å². The number of carbonyl (C=O) groups is 1. The first-order chi connectivity index (χ1) is 14.1. The molecule has 0 unspecified atom stereocenters. The summed E-state index contributed by atoms with van der Waals surface area (Å²) in [5, 5.41) is 12.6. The number of hydrogen-bond donors (Lipinski definition) is 1. The second-order valence-corrected chi connectivity index (χ2v) is 7.92. The molecule has 1 amide bonds. The third kappa shape index (κ3) is 5.38. The molecule has 0 spiro atoms. The molecule has 3 rings (SSSR count). The fourth-order valence-corrected chi connectivity index (χ4v) is 3.84. The van der Waals surface area contributed by atoms with Gasteiger partial charge in [0.2, 0.25) is 5.91 Å². The minimum atomic E-state index is 0.0803. The van der Waals surface area contributed by atoms with Gasteiger partial charge in [-0.3, -0.25) is 9.36 Å². The molecule has 1 N–H and O–H groups in total. The van der Waals surface area contributed by atoms with Crippen LogP contribution in [0.1, 0.15) is 26.7 Å². The zero-order valence-electron chi connectivity index (χ0n) is 17.0. The lowest BCUT2D eigenvalue weighted by Gasteiger charge is -2.14. The van der Waals surface area contributed by atoms with E-state index in [1.807, 2.05) is 73.0 Å². The number of benzene rings is 2. The van der Waals surface area contributed by atoms with E-state index in [2.05, 4.69) is 15.5 Å². The molecule has 0 atom stereocenters. The van der Waals surface area contributed by atoms with E-state index in [9.17, 15) is 4.79 Å². The predicted molar refractivity (Wildman–Crippen MR) is 117 cm³/mol. The number of ether oxygens (including phenoxy) is 1. The molecule has 3 aromatic rings. The molecule has 0 radical (unpaired) electrons. The summed E-state index contributed by atoms with van der Waals surface area (Å²) in [4.78, 5) is 11.9. The highest BCUT2D eigenvalue weighted by Crippen LogP contribution is 2.32. The van der Waals surface area contributed by atoms with Crippen LogP contribution in [0.5, 0.6) is 5.75 Å². The lowest BCUT2D eigenvalue weighted by molar-refractivity contribution is -0.121. The molecule has 2 aromatic carbocycles. The van der Waals surface area contributed by atoms with Gasteiger partial charge in [-0.25, -0.2) is 0 Å². The van der Waals surface area contributed by atoms with Gasteiger partial charge in [0, 0.05) is 23.8 Å². The third-order valence-corrected chi connectivity index (χ3v) is 5.24. The monoisotopic (exact) mass is 410 g/mol. The van der Waals surface area contributed by atoms with Gasteiger partial charge in [0.1, 0.15) is 5.75 Å². The number of para-hydroxylation sites is 2. The Morgan fingerprint density at radius 1 is 1.10 bits per heavy atom. The fourth-order valence-electron chi connectivity index (χ4n) is 2.96. The van der Waals surface area contributed by atoms with Crippen LogP contribution in [0.15, 0.2) is 59.8 Å². The van der Waals surface area contributed by atoms with E-state index in [1.54, 1.807) is 18.9 Å². The Balaban J connectivity index is 1.84. The Hall–Kier alpha value is -2.80. The Bertz CT molecular complexity index is 941. The smallest absolute Gasteiger partial charge is 0.220 e. The fraction of sp³-hybridized carbons (Fsp3) is 0.318. The van der Waals surface area contributed by atoms with Gasteiger partial charge < -0.3 is 10.1 Å². The van der Waals surface area contributed by atoms with E-state index in [4.69, 9.17) is 4.74 Å². The Kier molecular flexibility index (Phi) is 7.30. The van der Waals surface area contributed by atoms with Crippen molar-refractivity contribution >= 4 is 17.7 Å². The summed E-state index contributed by atoms with van der Waals surface area (Å²) in [6.45, 7) is 3.93. The molecular formula is C22H26N4O2S. The number of nitrogens with zero attached hydrogens (tertiary/aromatic N) is 3. The molecule has 0 saturated heterocycles. The molecule has 0 aliphatic heterocycles. The van der Waals surface area contributed by atoms with Crippen molar-refractivity contribution < 1.29 is 9.53 Å². The van der Waals surface area contributed by atoms with Crippen molar-refractivity contribution in [1.29, 1.82) is 0 Å². The normalized spacial score (nSPS) is 10.9. The van der Waals surface area contributed by atoms with E-state index in [0.29, 0.717) is 6.42 Å². The van der Waals surface area contributed by atoms with E-state index >= 15 is 0 Å². The first-order valence-electron chi connectivity index (χ1n) is 9.66. The highest BCUT2D eigenvalue weighted by Gasteiger charge is 2.18. The Morgan fingerprint density at radius 3 is 2.55 bits per heavy atom. The number of carbonyl (C=O) groups excluding carboxylic acids is 1. The second-order valence-electron chi connectivity index (χ2n) is 6.85. The molecule has 152 valence electrons. The summed E-state index contributed by atoms with van der Waals surface area (Å²) in [5.74, 6) is 2.36. The van der Waals surface area contributed by atoms with Crippen molar-refractivity contribution in [3.63, 3.8) is 0 Å². The van der Waals surface area contributed by atoms with Gasteiger partial charge in [0.25, 0.3) is 0 Å².